The van der Waals surface area contributed by atoms with E-state index in [4.69, 9.17) is 11.6 Å². The average molecular weight is 385 g/mol. The van der Waals surface area contributed by atoms with Gasteiger partial charge in [0.1, 0.15) is 0 Å². The van der Waals surface area contributed by atoms with E-state index in [1.165, 1.54) is 22.5 Å². The van der Waals surface area contributed by atoms with Crippen molar-refractivity contribution in [2.24, 2.45) is 4.99 Å². The van der Waals surface area contributed by atoms with Crippen molar-refractivity contribution in [1.29, 1.82) is 0 Å². The van der Waals surface area contributed by atoms with Crippen molar-refractivity contribution in [3.05, 3.63) is 73.9 Å². The molecule has 0 radical (unpaired) electrons. The van der Waals surface area contributed by atoms with E-state index in [9.17, 15) is 4.79 Å². The molecule has 0 N–H and O–H groups in total. The molecule has 1 heterocycles. The lowest BCUT2D eigenvalue weighted by atomic mass is 10.0. The first-order valence-corrected chi connectivity index (χ1v) is 9.73. The van der Waals surface area contributed by atoms with Crippen molar-refractivity contribution < 1.29 is 4.79 Å². The highest BCUT2D eigenvalue weighted by Crippen LogP contribution is 2.27. The van der Waals surface area contributed by atoms with E-state index >= 15 is 0 Å². The number of benzene rings is 2. The molecule has 5 heteroatoms. The third-order valence-corrected chi connectivity index (χ3v) is 5.80. The quantitative estimate of drug-likeness (QED) is 0.582. The SMILES string of the molecule is CCn1c(-c2ccc(C)c(C)c2)c(C)sc1=NC(=O)c1ccccc1Cl. The Balaban J connectivity index is 2.14. The monoisotopic (exact) mass is 384 g/mol. The summed E-state index contributed by atoms with van der Waals surface area (Å²) < 4.78 is 2.10. The van der Waals surface area contributed by atoms with Gasteiger partial charge in [-0.15, -0.1) is 11.3 Å². The van der Waals surface area contributed by atoms with Crippen LogP contribution in [0.15, 0.2) is 47.5 Å². The maximum Gasteiger partial charge on any atom is 0.281 e. The van der Waals surface area contributed by atoms with Crippen LogP contribution < -0.4 is 4.80 Å². The van der Waals surface area contributed by atoms with E-state index < -0.39 is 0 Å². The number of amides is 1. The largest absolute Gasteiger partial charge is 0.316 e. The minimum absolute atomic E-state index is 0.314. The molecule has 3 nitrogen and oxygen atoms in total. The zero-order valence-corrected chi connectivity index (χ0v) is 16.9. The number of carbonyl (C=O) groups is 1. The summed E-state index contributed by atoms with van der Waals surface area (Å²) in [5, 5.41) is 0.423. The van der Waals surface area contributed by atoms with Crippen LogP contribution in [-0.4, -0.2) is 10.5 Å². The molecule has 0 aliphatic carbocycles. The van der Waals surface area contributed by atoms with Crippen molar-refractivity contribution in [2.75, 3.05) is 0 Å². The maximum atomic E-state index is 12.6. The summed E-state index contributed by atoms with van der Waals surface area (Å²) in [6, 6.07) is 13.5. The Labute approximate surface area is 162 Å². The number of nitrogens with zero attached hydrogens (tertiary/aromatic N) is 2. The highest BCUT2D eigenvalue weighted by molar-refractivity contribution is 7.09. The van der Waals surface area contributed by atoms with Crippen LogP contribution in [0.2, 0.25) is 5.02 Å². The van der Waals surface area contributed by atoms with Crippen LogP contribution in [0.1, 0.15) is 33.3 Å². The van der Waals surface area contributed by atoms with Crippen molar-refractivity contribution in [2.45, 2.75) is 34.2 Å². The first kappa shape index (κ1) is 18.6. The highest BCUT2D eigenvalue weighted by atomic mass is 35.5. The van der Waals surface area contributed by atoms with Gasteiger partial charge >= 0.3 is 0 Å². The number of hydrogen-bond acceptors (Lipinski definition) is 2. The summed E-state index contributed by atoms with van der Waals surface area (Å²) in [5.41, 5.74) is 5.21. The Bertz CT molecular complexity index is 1050. The Morgan fingerprint density at radius 1 is 1.12 bits per heavy atom. The molecule has 2 aromatic carbocycles. The molecule has 26 heavy (non-hydrogen) atoms. The van der Waals surface area contributed by atoms with Crippen LogP contribution >= 0.6 is 22.9 Å². The Hall–Kier alpha value is -2.17. The summed E-state index contributed by atoms with van der Waals surface area (Å²) >= 11 is 7.67. The van der Waals surface area contributed by atoms with Gasteiger partial charge in [0.05, 0.1) is 16.3 Å². The van der Waals surface area contributed by atoms with Gasteiger partial charge in [0.2, 0.25) is 0 Å². The van der Waals surface area contributed by atoms with Crippen LogP contribution in [0.25, 0.3) is 11.3 Å². The van der Waals surface area contributed by atoms with Crippen LogP contribution in [0.3, 0.4) is 0 Å². The van der Waals surface area contributed by atoms with E-state index in [2.05, 4.69) is 55.5 Å². The van der Waals surface area contributed by atoms with Crippen LogP contribution in [0.5, 0.6) is 0 Å². The molecule has 0 bridgehead atoms. The smallest absolute Gasteiger partial charge is 0.281 e. The topological polar surface area (TPSA) is 34.4 Å². The van der Waals surface area contributed by atoms with E-state index in [1.807, 2.05) is 0 Å². The van der Waals surface area contributed by atoms with Gasteiger partial charge in [-0.05, 0) is 62.6 Å². The van der Waals surface area contributed by atoms with E-state index in [-0.39, 0.29) is 5.91 Å². The minimum Gasteiger partial charge on any atom is -0.316 e. The molecule has 0 saturated carbocycles. The second kappa shape index (κ2) is 7.60. The molecular formula is C21H21ClN2OS. The fraction of sp³-hybridized carbons (Fsp3) is 0.238. The molecule has 3 aromatic rings. The number of rotatable bonds is 3. The number of carbonyl (C=O) groups excluding carboxylic acids is 1. The molecule has 1 aromatic heterocycles. The van der Waals surface area contributed by atoms with Crippen molar-refractivity contribution >= 4 is 28.8 Å². The molecule has 0 atom stereocenters. The third-order valence-electron chi connectivity index (χ3n) is 4.48. The fourth-order valence-electron chi connectivity index (χ4n) is 2.93. The normalized spacial score (nSPS) is 11.8. The second-order valence-corrected chi connectivity index (χ2v) is 7.82. The Morgan fingerprint density at radius 2 is 1.85 bits per heavy atom. The molecule has 0 aliphatic rings. The number of aromatic nitrogens is 1. The lowest BCUT2D eigenvalue weighted by molar-refractivity contribution is 0.0998. The van der Waals surface area contributed by atoms with Crippen LogP contribution in [-0.2, 0) is 6.54 Å². The molecule has 0 aliphatic heterocycles. The summed E-state index contributed by atoms with van der Waals surface area (Å²) in [5.74, 6) is -0.314. The van der Waals surface area contributed by atoms with Gasteiger partial charge in [0, 0.05) is 11.4 Å². The molecule has 0 fully saturated rings. The first-order chi connectivity index (χ1) is 12.4. The molecule has 1 amide bonds. The minimum atomic E-state index is -0.314. The highest BCUT2D eigenvalue weighted by Gasteiger charge is 2.14. The number of aryl methyl sites for hydroxylation is 3. The standard InChI is InChI=1S/C21H21ClN2OS/c1-5-24-19(16-11-10-13(2)14(3)12-16)15(4)26-21(24)23-20(25)17-8-6-7-9-18(17)22/h6-12H,5H2,1-4H3. The predicted octanol–water partition coefficient (Wildman–Crippen LogP) is 5.56. The molecule has 134 valence electrons. The van der Waals surface area contributed by atoms with Gasteiger partial charge in [-0.3, -0.25) is 4.79 Å². The van der Waals surface area contributed by atoms with Gasteiger partial charge in [-0.2, -0.15) is 4.99 Å². The van der Waals surface area contributed by atoms with Crippen molar-refractivity contribution in [3.8, 4) is 11.3 Å². The van der Waals surface area contributed by atoms with E-state index in [0.717, 1.165) is 22.7 Å². The molecular weight excluding hydrogens is 364 g/mol. The molecule has 3 rings (SSSR count). The van der Waals surface area contributed by atoms with Crippen molar-refractivity contribution in [3.63, 3.8) is 0 Å². The predicted molar refractivity (Wildman–Crippen MR) is 109 cm³/mol. The Kier molecular flexibility index (Phi) is 5.44. The maximum absolute atomic E-state index is 12.6. The first-order valence-electron chi connectivity index (χ1n) is 8.53. The summed E-state index contributed by atoms with van der Waals surface area (Å²) in [6.07, 6.45) is 0. The number of halogens is 1. The van der Waals surface area contributed by atoms with E-state index in [0.29, 0.717) is 15.4 Å². The summed E-state index contributed by atoms with van der Waals surface area (Å²) in [7, 11) is 0. The zero-order valence-electron chi connectivity index (χ0n) is 15.3. The van der Waals surface area contributed by atoms with Gasteiger partial charge in [0.15, 0.2) is 4.80 Å². The second-order valence-electron chi connectivity index (χ2n) is 6.23. The van der Waals surface area contributed by atoms with Crippen molar-refractivity contribution in [1.82, 2.24) is 4.57 Å². The van der Waals surface area contributed by atoms with E-state index in [1.54, 1.807) is 24.3 Å². The molecule has 0 unspecified atom stereocenters. The van der Waals surface area contributed by atoms with Gasteiger partial charge in [-0.1, -0.05) is 35.9 Å². The average Bonchev–Trinajstić information content (AvgIpc) is 2.92. The lowest BCUT2D eigenvalue weighted by Gasteiger charge is -2.10. The molecule has 0 saturated heterocycles. The molecule has 0 spiro atoms. The van der Waals surface area contributed by atoms with Gasteiger partial charge < -0.3 is 4.57 Å². The van der Waals surface area contributed by atoms with Gasteiger partial charge in [0.25, 0.3) is 5.91 Å². The number of thiazole rings is 1. The third kappa shape index (κ3) is 3.53. The Morgan fingerprint density at radius 3 is 2.50 bits per heavy atom. The van der Waals surface area contributed by atoms with Crippen LogP contribution in [0.4, 0.5) is 0 Å². The summed E-state index contributed by atoms with van der Waals surface area (Å²) in [4.78, 5) is 18.8. The van der Waals surface area contributed by atoms with Gasteiger partial charge in [-0.25, -0.2) is 0 Å². The zero-order chi connectivity index (χ0) is 18.8. The lowest BCUT2D eigenvalue weighted by Crippen LogP contribution is -2.17. The van der Waals surface area contributed by atoms with Crippen LogP contribution in [0, 0.1) is 20.8 Å². The summed E-state index contributed by atoms with van der Waals surface area (Å²) in [6.45, 7) is 9.09. The fourth-order valence-corrected chi connectivity index (χ4v) is 4.21. The number of hydrogen-bond donors (Lipinski definition) is 0.